The zero-order chi connectivity index (χ0) is 47.3. The lowest BCUT2D eigenvalue weighted by Gasteiger charge is -2.48. The number of hydrogen-bond donors (Lipinski definition) is 0. The van der Waals surface area contributed by atoms with Gasteiger partial charge in [-0.3, -0.25) is 0 Å². The van der Waals surface area contributed by atoms with Gasteiger partial charge in [0.15, 0.2) is 0 Å². The fourth-order valence-corrected chi connectivity index (χ4v) is 13.6. The Morgan fingerprint density at radius 1 is 0.453 bits per heavy atom. The molecule has 0 fully saturated rings. The summed E-state index contributed by atoms with van der Waals surface area (Å²) in [6.45, 7) is 26.4. The highest BCUT2D eigenvalue weighted by Gasteiger charge is 2.50. The van der Waals surface area contributed by atoms with E-state index in [2.05, 4.69) is 166 Å². The molecule has 0 amide bonds. The van der Waals surface area contributed by atoms with Gasteiger partial charge in [-0.1, -0.05) is 119 Å². The number of benzene rings is 6. The number of furan rings is 1. The normalized spacial score (nSPS) is 21.8. The summed E-state index contributed by atoms with van der Waals surface area (Å²) in [5.41, 5.74) is 20.3. The third-order valence-electron chi connectivity index (χ3n) is 17.2. The molecule has 5 aliphatic rings. The highest BCUT2D eigenvalue weighted by Crippen LogP contribution is 2.55. The fourth-order valence-electron chi connectivity index (χ4n) is 13.6. The molecule has 0 atom stereocenters. The molecule has 2 aliphatic heterocycles. The molecule has 1 aromatic heterocycles. The van der Waals surface area contributed by atoms with Crippen molar-refractivity contribution in [2.45, 2.75) is 155 Å². The van der Waals surface area contributed by atoms with E-state index >= 15 is 0 Å². The Morgan fingerprint density at radius 3 is 1.52 bits per heavy atom. The second-order valence-electron chi connectivity index (χ2n) is 24.4. The molecule has 7 aromatic rings. The van der Waals surface area contributed by atoms with E-state index in [0.717, 1.165) is 93.6 Å². The Bertz CT molecular complexity index is 3310. The minimum absolute atomic E-state index is 0.0172. The first-order chi connectivity index (χ1) is 31.3. The Balaban J connectivity index is 1.24. The second kappa shape index (κ2) is 12.6. The van der Waals surface area contributed by atoms with E-state index in [1.807, 2.05) is 24.3 Å². The predicted octanol–water partition coefficient (Wildman–Crippen LogP) is 14.6. The summed E-state index contributed by atoms with van der Waals surface area (Å²) in [7, 11) is 0. The molecule has 0 unspecified atom stereocenters. The van der Waals surface area contributed by atoms with Gasteiger partial charge in [-0.05, 0) is 187 Å². The van der Waals surface area contributed by atoms with Gasteiger partial charge in [-0.15, -0.1) is 0 Å². The first-order valence-corrected chi connectivity index (χ1v) is 24.0. The molecule has 0 N–H and O–H groups in total. The minimum Gasteiger partial charge on any atom is -0.456 e. The number of aryl methyl sites for hydroxylation is 1. The van der Waals surface area contributed by atoms with Crippen molar-refractivity contribution in [3.8, 4) is 0 Å². The number of para-hydroxylation sites is 1. The van der Waals surface area contributed by atoms with Crippen molar-refractivity contribution in [3.63, 3.8) is 0 Å². The van der Waals surface area contributed by atoms with E-state index in [0.29, 0.717) is 5.56 Å². The quantitative estimate of drug-likeness (QED) is 0.162. The van der Waals surface area contributed by atoms with Crippen LogP contribution in [-0.4, -0.2) is 6.71 Å². The summed E-state index contributed by atoms with van der Waals surface area (Å²) in [6, 6.07) is 36.2. The average molecular weight is 844 g/mol. The predicted molar refractivity (Wildman–Crippen MR) is 274 cm³/mol. The molecular weight excluding hydrogens is 775 g/mol. The molecule has 64 heavy (non-hydrogen) atoms. The van der Waals surface area contributed by atoms with E-state index < -0.39 is 6.85 Å². The van der Waals surface area contributed by atoms with Crippen LogP contribution in [0.4, 0.5) is 34.1 Å². The summed E-state index contributed by atoms with van der Waals surface area (Å²) in [4.78, 5) is 4.89. The third kappa shape index (κ3) is 5.47. The SMILES string of the molecule is [2H]C([2H])([2H])c1cc2c3c(c1)N(c1ccc4oc5ccccc5c4c1)c1cc4c(cc1B3c1cc3c(cc1N2c1ccc2c(c1)C(C)(C)CCC2(C)C)C(C)(C)CCC3(C)C)C(C)(C)CC4(C)C. The summed E-state index contributed by atoms with van der Waals surface area (Å²) < 4.78 is 33.9. The van der Waals surface area contributed by atoms with Crippen molar-refractivity contribution in [2.75, 3.05) is 9.80 Å². The molecule has 0 saturated heterocycles. The lowest BCUT2D eigenvalue weighted by Crippen LogP contribution is -2.62. The van der Waals surface area contributed by atoms with Crippen LogP contribution in [0.15, 0.2) is 101 Å². The maximum absolute atomic E-state index is 9.16. The van der Waals surface area contributed by atoms with Crippen molar-refractivity contribution in [1.29, 1.82) is 0 Å². The smallest absolute Gasteiger partial charge is 0.252 e. The fraction of sp³-hybridized carbons (Fsp3) is 0.400. The molecule has 3 aliphatic carbocycles. The monoisotopic (exact) mass is 844 g/mol. The molecule has 0 spiro atoms. The molecule has 0 bridgehead atoms. The average Bonchev–Trinajstić information content (AvgIpc) is 3.71. The Morgan fingerprint density at radius 2 is 0.922 bits per heavy atom. The van der Waals surface area contributed by atoms with Gasteiger partial charge in [-0.25, -0.2) is 0 Å². The number of anilines is 6. The summed E-state index contributed by atoms with van der Waals surface area (Å²) in [5.74, 6) is 0. The first-order valence-electron chi connectivity index (χ1n) is 25.5. The van der Waals surface area contributed by atoms with Crippen LogP contribution in [0, 0.1) is 6.85 Å². The number of hydrogen-bond acceptors (Lipinski definition) is 3. The van der Waals surface area contributed by atoms with Crippen LogP contribution in [-0.2, 0) is 32.5 Å². The Labute approximate surface area is 386 Å². The Hall–Kier alpha value is -5.22. The number of rotatable bonds is 2. The maximum Gasteiger partial charge on any atom is 0.252 e. The van der Waals surface area contributed by atoms with Crippen LogP contribution in [0.3, 0.4) is 0 Å². The largest absolute Gasteiger partial charge is 0.456 e. The summed E-state index contributed by atoms with van der Waals surface area (Å²) in [6.07, 6.45) is 5.51. The highest BCUT2D eigenvalue weighted by atomic mass is 16.3. The van der Waals surface area contributed by atoms with Crippen molar-refractivity contribution < 1.29 is 8.53 Å². The van der Waals surface area contributed by atoms with Crippen LogP contribution < -0.4 is 26.2 Å². The van der Waals surface area contributed by atoms with E-state index in [-0.39, 0.29) is 39.2 Å². The molecule has 12 rings (SSSR count). The molecule has 3 nitrogen and oxygen atoms in total. The maximum atomic E-state index is 9.16. The van der Waals surface area contributed by atoms with Gasteiger partial charge in [0.25, 0.3) is 6.71 Å². The zero-order valence-corrected chi connectivity index (χ0v) is 40.2. The molecule has 324 valence electrons. The van der Waals surface area contributed by atoms with Crippen molar-refractivity contribution >= 4 is 79.2 Å². The van der Waals surface area contributed by atoms with Crippen LogP contribution in [0.25, 0.3) is 21.9 Å². The first kappa shape index (κ1) is 37.1. The van der Waals surface area contributed by atoms with Crippen molar-refractivity contribution in [1.82, 2.24) is 0 Å². The van der Waals surface area contributed by atoms with Crippen LogP contribution in [0.2, 0.25) is 0 Å². The van der Waals surface area contributed by atoms with Crippen LogP contribution in [0.1, 0.15) is 158 Å². The van der Waals surface area contributed by atoms with E-state index in [1.54, 1.807) is 0 Å². The van der Waals surface area contributed by atoms with Gasteiger partial charge < -0.3 is 14.2 Å². The van der Waals surface area contributed by atoms with E-state index in [9.17, 15) is 0 Å². The minimum atomic E-state index is -2.36. The summed E-state index contributed by atoms with van der Waals surface area (Å²) >= 11 is 0. The summed E-state index contributed by atoms with van der Waals surface area (Å²) in [5, 5.41) is 2.11. The van der Waals surface area contributed by atoms with Crippen LogP contribution >= 0.6 is 0 Å². The van der Waals surface area contributed by atoms with Gasteiger partial charge in [-0.2, -0.15) is 0 Å². The van der Waals surface area contributed by atoms with Gasteiger partial charge in [0.1, 0.15) is 11.2 Å². The zero-order valence-electron chi connectivity index (χ0n) is 43.2. The molecule has 0 saturated carbocycles. The van der Waals surface area contributed by atoms with Crippen molar-refractivity contribution in [2.24, 2.45) is 0 Å². The topological polar surface area (TPSA) is 19.6 Å². The molecular formula is C60H65BN2O. The number of fused-ring (bicyclic) bond motifs is 10. The highest BCUT2D eigenvalue weighted by molar-refractivity contribution is 7.00. The lowest BCUT2D eigenvalue weighted by atomic mass is 9.33. The second-order valence-corrected chi connectivity index (χ2v) is 24.4. The van der Waals surface area contributed by atoms with Crippen LogP contribution in [0.5, 0.6) is 0 Å². The molecule has 3 heterocycles. The third-order valence-corrected chi connectivity index (χ3v) is 17.2. The van der Waals surface area contributed by atoms with Gasteiger partial charge in [0.2, 0.25) is 0 Å². The number of nitrogens with zero attached hydrogens (tertiary/aromatic N) is 2. The molecule has 0 radical (unpaired) electrons. The van der Waals surface area contributed by atoms with Gasteiger partial charge >= 0.3 is 0 Å². The van der Waals surface area contributed by atoms with Crippen molar-refractivity contribution in [3.05, 3.63) is 136 Å². The van der Waals surface area contributed by atoms with Gasteiger partial charge in [0, 0.05) is 49.0 Å². The standard InChI is InChI=1S/C60H65BN2O/c1-35-26-50-54-51(27-35)63(37-18-20-40-41(29-37)56(4,5)23-22-55(40,2)3)48-32-44-42(57(6,7)24-25-58(44,8)9)30-46(48)61(54)47-31-43-45(60(12,13)34-59(43,10)11)33-49(47)62(50)36-19-21-53-39(28-36)38-16-14-15-17-52(38)64-53/h14-21,26-33H,22-25,34H2,1-13H3/i1D3. The molecule has 6 aromatic carbocycles. The molecule has 4 heteroatoms. The van der Waals surface area contributed by atoms with E-state index in [1.165, 1.54) is 44.3 Å². The van der Waals surface area contributed by atoms with E-state index in [4.69, 9.17) is 8.53 Å². The van der Waals surface area contributed by atoms with Gasteiger partial charge in [0.05, 0.1) is 0 Å². The lowest BCUT2D eigenvalue weighted by molar-refractivity contribution is 0.332. The Kier molecular flexibility index (Phi) is 7.27.